The van der Waals surface area contributed by atoms with Crippen LogP contribution in [-0.4, -0.2) is 42.5 Å². The van der Waals surface area contributed by atoms with Crippen LogP contribution in [0.2, 0.25) is 0 Å². The summed E-state index contributed by atoms with van der Waals surface area (Å²) >= 11 is 0. The Morgan fingerprint density at radius 1 is 1.21 bits per heavy atom. The van der Waals surface area contributed by atoms with E-state index in [1.165, 1.54) is 13.2 Å². The number of nitrogens with two attached hydrogens (primary N) is 1. The molecule has 0 aliphatic rings. The van der Waals surface area contributed by atoms with Gasteiger partial charge in [0.2, 0.25) is 5.91 Å². The van der Waals surface area contributed by atoms with Crippen molar-refractivity contribution in [1.82, 2.24) is 0 Å². The highest BCUT2D eigenvalue weighted by atomic mass is 16.5. The molecule has 5 N–H and O–H groups in total. The summed E-state index contributed by atoms with van der Waals surface area (Å²) in [6.07, 6.45) is 2.81. The molecular formula is C22H28N2O5. The summed E-state index contributed by atoms with van der Waals surface area (Å²) in [6.45, 7) is 0.0325. The maximum atomic E-state index is 12.0. The number of amides is 1. The molecule has 0 aliphatic carbocycles. The van der Waals surface area contributed by atoms with E-state index in [-0.39, 0.29) is 19.1 Å². The van der Waals surface area contributed by atoms with Crippen molar-refractivity contribution in [3.05, 3.63) is 66.2 Å². The van der Waals surface area contributed by atoms with E-state index in [0.29, 0.717) is 35.5 Å². The monoisotopic (exact) mass is 400 g/mol. The molecule has 2 aromatic carbocycles. The molecule has 0 heterocycles. The molecule has 0 spiro atoms. The molecule has 7 heteroatoms. The number of allylic oxidation sites excluding steroid dienone is 1. The lowest BCUT2D eigenvalue weighted by molar-refractivity contribution is -0.111. The molecule has 2 rings (SSSR count). The minimum atomic E-state index is -0.902. The van der Waals surface area contributed by atoms with Gasteiger partial charge in [-0.05, 0) is 37.1 Å². The highest BCUT2D eigenvalue weighted by molar-refractivity contribution is 6.01. The van der Waals surface area contributed by atoms with Crippen molar-refractivity contribution < 1.29 is 24.5 Å². The van der Waals surface area contributed by atoms with E-state index in [0.717, 1.165) is 0 Å². The van der Waals surface area contributed by atoms with Crippen LogP contribution in [0.25, 0.3) is 0 Å². The van der Waals surface area contributed by atoms with Crippen LogP contribution in [-0.2, 0) is 9.53 Å². The molecule has 2 aromatic rings. The zero-order chi connectivity index (χ0) is 21.1. The summed E-state index contributed by atoms with van der Waals surface area (Å²) in [5, 5.41) is 22.4. The molecule has 7 nitrogen and oxygen atoms in total. The van der Waals surface area contributed by atoms with E-state index in [1.54, 1.807) is 54.6 Å². The van der Waals surface area contributed by atoms with Gasteiger partial charge in [0.15, 0.2) is 0 Å². The molecule has 2 atom stereocenters. The van der Waals surface area contributed by atoms with Gasteiger partial charge in [0.25, 0.3) is 0 Å². The quantitative estimate of drug-likeness (QED) is 0.341. The number of carbonyl (C=O) groups is 1. The number of nitrogens with one attached hydrogen (secondary N) is 1. The highest BCUT2D eigenvalue weighted by Gasteiger charge is 2.23. The lowest BCUT2D eigenvalue weighted by atomic mass is 9.99. The first-order valence-electron chi connectivity index (χ1n) is 9.42. The molecule has 0 radical (unpaired) electrons. The van der Waals surface area contributed by atoms with Crippen LogP contribution in [0.4, 0.5) is 11.4 Å². The first-order chi connectivity index (χ1) is 14.1. The number of benzene rings is 2. The minimum Gasteiger partial charge on any atom is -0.491 e. The topological polar surface area (TPSA) is 114 Å². The lowest BCUT2D eigenvalue weighted by Gasteiger charge is -2.23. The predicted octanol–water partition coefficient (Wildman–Crippen LogP) is 2.66. The summed E-state index contributed by atoms with van der Waals surface area (Å²) in [6, 6.07) is 14.1. The summed E-state index contributed by atoms with van der Waals surface area (Å²) in [5.41, 5.74) is 7.46. The minimum absolute atomic E-state index is 0.111. The van der Waals surface area contributed by atoms with Gasteiger partial charge in [0.05, 0.1) is 24.1 Å². The van der Waals surface area contributed by atoms with Crippen molar-refractivity contribution in [3.8, 4) is 5.75 Å². The van der Waals surface area contributed by atoms with E-state index >= 15 is 0 Å². The van der Waals surface area contributed by atoms with Crippen molar-refractivity contribution in [3.63, 3.8) is 0 Å². The van der Waals surface area contributed by atoms with E-state index in [4.69, 9.17) is 20.3 Å². The molecule has 29 heavy (non-hydrogen) atoms. The number of nitrogen functional groups attached to an aromatic ring is 1. The second-order valence-electron chi connectivity index (χ2n) is 6.39. The molecule has 0 unspecified atom stereocenters. The Hall–Kier alpha value is -2.87. The Kier molecular flexibility index (Phi) is 9.17. The number of hydrogen-bond acceptors (Lipinski definition) is 6. The van der Waals surface area contributed by atoms with Crippen molar-refractivity contribution in [2.45, 2.75) is 25.0 Å². The Bertz CT molecular complexity index is 809. The molecule has 156 valence electrons. The fraction of sp³-hybridized carbons (Fsp3) is 0.318. The van der Waals surface area contributed by atoms with E-state index in [9.17, 15) is 9.90 Å². The van der Waals surface area contributed by atoms with E-state index < -0.39 is 12.2 Å². The summed E-state index contributed by atoms with van der Waals surface area (Å²) in [7, 11) is 1.53. The standard InChI is InChI=1S/C22H28N2O5/c1-28-20(22(27)16-8-2-5-11-19(16)29-15-14-25)12-6-7-13-21(26)24-18-10-4-3-9-17(18)23/h2-5,7-11,13,20,22,25,27H,6,12,14-15,23H2,1H3,(H,24,26)/b13-7+/t20-,22-/m1/s1. The van der Waals surface area contributed by atoms with Crippen molar-refractivity contribution in [1.29, 1.82) is 0 Å². The van der Waals surface area contributed by atoms with Gasteiger partial charge in [-0.15, -0.1) is 0 Å². The maximum Gasteiger partial charge on any atom is 0.248 e. The number of anilines is 2. The lowest BCUT2D eigenvalue weighted by Crippen LogP contribution is -2.21. The normalized spacial score (nSPS) is 13.2. The predicted molar refractivity (Wildman–Crippen MR) is 113 cm³/mol. The van der Waals surface area contributed by atoms with Crippen LogP contribution in [0.5, 0.6) is 5.75 Å². The summed E-state index contributed by atoms with van der Waals surface area (Å²) in [4.78, 5) is 12.0. The van der Waals surface area contributed by atoms with Crippen LogP contribution in [0.3, 0.4) is 0 Å². The Morgan fingerprint density at radius 2 is 1.93 bits per heavy atom. The first-order valence-corrected chi connectivity index (χ1v) is 9.42. The van der Waals surface area contributed by atoms with Crippen molar-refractivity contribution in [2.24, 2.45) is 0 Å². The molecule has 0 fully saturated rings. The third-order valence-corrected chi connectivity index (χ3v) is 4.35. The van der Waals surface area contributed by atoms with Gasteiger partial charge >= 0.3 is 0 Å². The van der Waals surface area contributed by atoms with Crippen molar-refractivity contribution >= 4 is 17.3 Å². The molecular weight excluding hydrogens is 372 g/mol. The zero-order valence-corrected chi connectivity index (χ0v) is 16.5. The van der Waals surface area contributed by atoms with Crippen LogP contribution in [0, 0.1) is 0 Å². The average molecular weight is 400 g/mol. The highest BCUT2D eigenvalue weighted by Crippen LogP contribution is 2.30. The largest absolute Gasteiger partial charge is 0.491 e. The third kappa shape index (κ3) is 6.90. The van der Waals surface area contributed by atoms with Crippen LogP contribution < -0.4 is 15.8 Å². The number of rotatable bonds is 11. The third-order valence-electron chi connectivity index (χ3n) is 4.35. The molecule has 0 bridgehead atoms. The number of aliphatic hydroxyl groups excluding tert-OH is 2. The van der Waals surface area contributed by atoms with Gasteiger partial charge in [-0.3, -0.25) is 4.79 Å². The van der Waals surface area contributed by atoms with E-state index in [1.807, 2.05) is 0 Å². The van der Waals surface area contributed by atoms with E-state index in [2.05, 4.69) is 5.32 Å². The second kappa shape index (κ2) is 11.9. The van der Waals surface area contributed by atoms with Gasteiger partial charge in [-0.25, -0.2) is 0 Å². The van der Waals surface area contributed by atoms with Crippen LogP contribution in [0.1, 0.15) is 24.5 Å². The summed E-state index contributed by atoms with van der Waals surface area (Å²) in [5.74, 6) is 0.228. The number of para-hydroxylation sites is 3. The molecule has 0 aromatic heterocycles. The Labute approximate surface area is 170 Å². The van der Waals surface area contributed by atoms with Gasteiger partial charge < -0.3 is 30.7 Å². The van der Waals surface area contributed by atoms with Crippen LogP contribution >= 0.6 is 0 Å². The molecule has 1 amide bonds. The number of hydrogen-bond donors (Lipinski definition) is 4. The smallest absolute Gasteiger partial charge is 0.248 e. The molecule has 0 saturated heterocycles. The molecule has 0 saturated carbocycles. The first kappa shape index (κ1) is 22.4. The van der Waals surface area contributed by atoms with Gasteiger partial charge in [-0.1, -0.05) is 36.4 Å². The fourth-order valence-electron chi connectivity index (χ4n) is 2.85. The second-order valence-corrected chi connectivity index (χ2v) is 6.39. The van der Waals surface area contributed by atoms with Gasteiger partial charge in [0, 0.05) is 12.7 Å². The number of aliphatic hydroxyl groups is 2. The van der Waals surface area contributed by atoms with Crippen molar-refractivity contribution in [2.75, 3.05) is 31.4 Å². The zero-order valence-electron chi connectivity index (χ0n) is 16.5. The molecule has 0 aliphatic heterocycles. The van der Waals surface area contributed by atoms with Gasteiger partial charge in [0.1, 0.15) is 18.5 Å². The average Bonchev–Trinajstić information content (AvgIpc) is 2.73. The fourth-order valence-corrected chi connectivity index (χ4v) is 2.85. The van der Waals surface area contributed by atoms with Crippen LogP contribution in [0.15, 0.2) is 60.7 Å². The number of methoxy groups -OCH3 is 1. The Balaban J connectivity index is 1.90. The summed E-state index contributed by atoms with van der Waals surface area (Å²) < 4.78 is 10.9. The Morgan fingerprint density at radius 3 is 2.66 bits per heavy atom. The number of carbonyl (C=O) groups excluding carboxylic acids is 1. The maximum absolute atomic E-state index is 12.0. The van der Waals surface area contributed by atoms with Gasteiger partial charge in [-0.2, -0.15) is 0 Å². The number of ether oxygens (including phenoxy) is 2. The SMILES string of the molecule is CO[C@H](CC/C=C/C(=O)Nc1ccccc1N)[C@H](O)c1ccccc1OCCO.